The van der Waals surface area contributed by atoms with Crippen molar-refractivity contribution in [1.82, 2.24) is 14.7 Å². The third-order valence-electron chi connectivity index (χ3n) is 2.77. The fraction of sp³-hybridized carbons (Fsp3) is 0.231. The van der Waals surface area contributed by atoms with Crippen molar-refractivity contribution in [2.75, 3.05) is 12.8 Å². The van der Waals surface area contributed by atoms with E-state index in [1.165, 1.54) is 0 Å². The normalized spacial score (nSPS) is 10.5. The number of nitrogen functional groups attached to an aromatic ring is 1. The third kappa shape index (κ3) is 3.14. The van der Waals surface area contributed by atoms with Gasteiger partial charge in [0, 0.05) is 42.6 Å². The molecule has 2 aromatic rings. The predicted molar refractivity (Wildman–Crippen MR) is 77.6 cm³/mol. The molecule has 2 rings (SSSR count). The number of nitrogens with zero attached hydrogens (tertiary/aromatic N) is 3. The van der Waals surface area contributed by atoms with E-state index in [2.05, 4.69) is 21.0 Å². The quantitative estimate of drug-likeness (QED) is 0.879. The summed E-state index contributed by atoms with van der Waals surface area (Å²) in [7, 11) is 3.59. The number of hydrogen-bond acceptors (Lipinski definition) is 3. The van der Waals surface area contributed by atoms with Crippen molar-refractivity contribution in [2.45, 2.75) is 6.54 Å². The second-order valence-corrected chi connectivity index (χ2v) is 5.33. The second-order valence-electron chi connectivity index (χ2n) is 4.42. The van der Waals surface area contributed by atoms with Gasteiger partial charge in [0.1, 0.15) is 0 Å². The summed E-state index contributed by atoms with van der Waals surface area (Å²) in [5.74, 6) is -0.103. The van der Waals surface area contributed by atoms with Crippen LogP contribution in [-0.2, 0) is 13.6 Å². The maximum Gasteiger partial charge on any atom is 0.255 e. The van der Waals surface area contributed by atoms with E-state index in [4.69, 9.17) is 5.73 Å². The van der Waals surface area contributed by atoms with Gasteiger partial charge in [0.2, 0.25) is 0 Å². The summed E-state index contributed by atoms with van der Waals surface area (Å²) in [5, 5.41) is 4.08. The molecule has 0 aliphatic rings. The van der Waals surface area contributed by atoms with Crippen LogP contribution in [0.5, 0.6) is 0 Å². The molecule has 100 valence electrons. The highest BCUT2D eigenvalue weighted by Gasteiger charge is 2.15. The molecule has 0 bridgehead atoms. The lowest BCUT2D eigenvalue weighted by Crippen LogP contribution is -2.26. The van der Waals surface area contributed by atoms with Gasteiger partial charge in [-0.25, -0.2) is 0 Å². The fourth-order valence-corrected chi connectivity index (χ4v) is 2.21. The molecule has 0 saturated carbocycles. The van der Waals surface area contributed by atoms with Crippen LogP contribution in [0.4, 0.5) is 5.69 Å². The van der Waals surface area contributed by atoms with E-state index in [0.717, 1.165) is 10.0 Å². The highest BCUT2D eigenvalue weighted by Crippen LogP contribution is 2.20. The molecular weight excluding hydrogens is 308 g/mol. The monoisotopic (exact) mass is 322 g/mol. The third-order valence-corrected chi connectivity index (χ3v) is 3.26. The van der Waals surface area contributed by atoms with Gasteiger partial charge in [-0.15, -0.1) is 0 Å². The number of nitrogens with two attached hydrogens (primary N) is 1. The molecule has 1 aromatic heterocycles. The number of carbonyl (C=O) groups is 1. The van der Waals surface area contributed by atoms with Crippen molar-refractivity contribution in [2.24, 2.45) is 7.05 Å². The summed E-state index contributed by atoms with van der Waals surface area (Å²) in [6.07, 6.45) is 3.63. The molecule has 0 fully saturated rings. The zero-order valence-electron chi connectivity index (χ0n) is 10.8. The van der Waals surface area contributed by atoms with E-state index < -0.39 is 0 Å². The van der Waals surface area contributed by atoms with Gasteiger partial charge in [0.05, 0.1) is 11.8 Å². The molecule has 0 spiro atoms. The summed E-state index contributed by atoms with van der Waals surface area (Å²) in [6.45, 7) is 0.502. The molecule has 0 saturated heterocycles. The number of aromatic nitrogens is 2. The van der Waals surface area contributed by atoms with Gasteiger partial charge >= 0.3 is 0 Å². The number of anilines is 1. The zero-order valence-corrected chi connectivity index (χ0v) is 12.4. The van der Waals surface area contributed by atoms with Crippen LogP contribution in [0.2, 0.25) is 0 Å². The Labute approximate surface area is 120 Å². The molecule has 1 aromatic carbocycles. The molecule has 1 amide bonds. The van der Waals surface area contributed by atoms with E-state index in [1.807, 2.05) is 19.3 Å². The highest BCUT2D eigenvalue weighted by atomic mass is 79.9. The Morgan fingerprint density at radius 2 is 2.26 bits per heavy atom. The number of amides is 1. The Balaban J connectivity index is 2.14. The molecule has 1 heterocycles. The lowest BCUT2D eigenvalue weighted by atomic mass is 10.1. The smallest absolute Gasteiger partial charge is 0.255 e. The van der Waals surface area contributed by atoms with Crippen molar-refractivity contribution in [1.29, 1.82) is 0 Å². The first-order chi connectivity index (χ1) is 8.97. The van der Waals surface area contributed by atoms with Gasteiger partial charge in [0.25, 0.3) is 5.91 Å². The zero-order chi connectivity index (χ0) is 14.0. The molecule has 0 unspecified atom stereocenters. The Bertz CT molecular complexity index is 608. The van der Waals surface area contributed by atoms with Gasteiger partial charge in [-0.2, -0.15) is 5.10 Å². The van der Waals surface area contributed by atoms with Gasteiger partial charge in [-0.3, -0.25) is 9.48 Å². The Morgan fingerprint density at radius 1 is 1.53 bits per heavy atom. The maximum absolute atomic E-state index is 12.3. The molecule has 0 atom stereocenters. The molecule has 2 N–H and O–H groups in total. The van der Waals surface area contributed by atoms with Crippen molar-refractivity contribution >= 4 is 27.5 Å². The number of rotatable bonds is 3. The van der Waals surface area contributed by atoms with Crippen LogP contribution in [0.1, 0.15) is 15.9 Å². The molecular formula is C13H15BrN4O. The van der Waals surface area contributed by atoms with Crippen molar-refractivity contribution < 1.29 is 4.79 Å². The molecule has 19 heavy (non-hydrogen) atoms. The second kappa shape index (κ2) is 5.44. The van der Waals surface area contributed by atoms with Crippen LogP contribution in [0, 0.1) is 0 Å². The van der Waals surface area contributed by atoms with Gasteiger partial charge in [-0.05, 0) is 18.2 Å². The topological polar surface area (TPSA) is 64.2 Å². The van der Waals surface area contributed by atoms with Crippen LogP contribution in [0.15, 0.2) is 35.1 Å². The van der Waals surface area contributed by atoms with Crippen LogP contribution >= 0.6 is 15.9 Å². The lowest BCUT2D eigenvalue weighted by Gasteiger charge is -2.17. The number of halogens is 1. The van der Waals surface area contributed by atoms with Gasteiger partial charge < -0.3 is 10.6 Å². The van der Waals surface area contributed by atoms with Crippen LogP contribution < -0.4 is 5.73 Å². The standard InChI is InChI=1S/C13H15BrN4O/c1-17(7-9-6-16-18(2)8-9)13(19)11-4-3-10(14)5-12(11)15/h3-6,8H,7,15H2,1-2H3. The summed E-state index contributed by atoms with van der Waals surface area (Å²) >= 11 is 3.32. The SMILES string of the molecule is CN(Cc1cnn(C)c1)C(=O)c1ccc(Br)cc1N. The lowest BCUT2D eigenvalue weighted by molar-refractivity contribution is 0.0786. The molecule has 0 aliphatic heterocycles. The average Bonchev–Trinajstić information content (AvgIpc) is 2.74. The summed E-state index contributed by atoms with van der Waals surface area (Å²) in [5.41, 5.74) is 7.82. The summed E-state index contributed by atoms with van der Waals surface area (Å²) in [4.78, 5) is 13.9. The minimum absolute atomic E-state index is 0.103. The molecule has 5 nitrogen and oxygen atoms in total. The van der Waals surface area contributed by atoms with Crippen molar-refractivity contribution in [3.63, 3.8) is 0 Å². The average molecular weight is 323 g/mol. The first kappa shape index (κ1) is 13.6. The Hall–Kier alpha value is -1.82. The Kier molecular flexibility index (Phi) is 3.90. The minimum Gasteiger partial charge on any atom is -0.398 e. The highest BCUT2D eigenvalue weighted by molar-refractivity contribution is 9.10. The number of benzene rings is 1. The predicted octanol–water partition coefficient (Wildman–Crippen LogP) is 2.04. The summed E-state index contributed by atoms with van der Waals surface area (Å²) in [6, 6.07) is 5.26. The van der Waals surface area contributed by atoms with Crippen molar-refractivity contribution in [3.05, 3.63) is 46.2 Å². The largest absolute Gasteiger partial charge is 0.398 e. The number of carbonyl (C=O) groups excluding carboxylic acids is 1. The van der Waals surface area contributed by atoms with Gasteiger partial charge in [0.15, 0.2) is 0 Å². The molecule has 0 radical (unpaired) electrons. The summed E-state index contributed by atoms with van der Waals surface area (Å²) < 4.78 is 2.57. The molecule has 6 heteroatoms. The van der Waals surface area contributed by atoms with Gasteiger partial charge in [-0.1, -0.05) is 15.9 Å². The fourth-order valence-electron chi connectivity index (χ4n) is 1.83. The molecule has 0 aliphatic carbocycles. The van der Waals surface area contributed by atoms with E-state index in [9.17, 15) is 4.79 Å². The first-order valence-corrected chi connectivity index (χ1v) is 6.54. The number of aryl methyl sites for hydroxylation is 1. The first-order valence-electron chi connectivity index (χ1n) is 5.75. The minimum atomic E-state index is -0.103. The maximum atomic E-state index is 12.3. The Morgan fingerprint density at radius 3 is 2.84 bits per heavy atom. The van der Waals surface area contributed by atoms with E-state index >= 15 is 0 Å². The van der Waals surface area contributed by atoms with E-state index in [1.54, 1.807) is 35.0 Å². The van der Waals surface area contributed by atoms with Crippen LogP contribution in [-0.4, -0.2) is 27.6 Å². The van der Waals surface area contributed by atoms with Crippen LogP contribution in [0.25, 0.3) is 0 Å². The van der Waals surface area contributed by atoms with E-state index in [-0.39, 0.29) is 5.91 Å². The van der Waals surface area contributed by atoms with Crippen LogP contribution in [0.3, 0.4) is 0 Å². The number of hydrogen-bond donors (Lipinski definition) is 1. The van der Waals surface area contributed by atoms with E-state index in [0.29, 0.717) is 17.8 Å². The van der Waals surface area contributed by atoms with Crippen molar-refractivity contribution in [3.8, 4) is 0 Å².